The molecular formula is C11H18N2. The fourth-order valence-corrected chi connectivity index (χ4v) is 0.801. The van der Waals surface area contributed by atoms with Crippen LogP contribution >= 0.6 is 0 Å². The summed E-state index contributed by atoms with van der Waals surface area (Å²) in [6.07, 6.45) is 3.41. The molecule has 0 aromatic heterocycles. The van der Waals surface area contributed by atoms with Crippen molar-refractivity contribution in [3.8, 4) is 0 Å². The third-order valence-corrected chi connectivity index (χ3v) is 1.33. The number of anilines is 1. The molecule has 0 radical (unpaired) electrons. The van der Waals surface area contributed by atoms with Gasteiger partial charge in [0.15, 0.2) is 0 Å². The molecule has 13 heavy (non-hydrogen) atoms. The second-order valence-electron chi connectivity index (χ2n) is 2.18. The van der Waals surface area contributed by atoms with Gasteiger partial charge in [0.1, 0.15) is 0 Å². The van der Waals surface area contributed by atoms with Gasteiger partial charge in [-0.05, 0) is 24.4 Å². The summed E-state index contributed by atoms with van der Waals surface area (Å²) < 4.78 is 0. The quantitative estimate of drug-likeness (QED) is 0.746. The molecule has 0 amide bonds. The van der Waals surface area contributed by atoms with Crippen molar-refractivity contribution in [1.82, 2.24) is 0 Å². The second kappa shape index (κ2) is 8.65. The molecule has 0 atom stereocenters. The van der Waals surface area contributed by atoms with Crippen molar-refractivity contribution < 1.29 is 0 Å². The Hall–Kier alpha value is -1.44. The highest BCUT2D eigenvalue weighted by Crippen LogP contribution is 2.03. The van der Waals surface area contributed by atoms with Gasteiger partial charge in [-0.3, -0.25) is 0 Å². The first-order valence-corrected chi connectivity index (χ1v) is 4.59. The average molecular weight is 178 g/mol. The first kappa shape index (κ1) is 11.6. The van der Waals surface area contributed by atoms with Crippen molar-refractivity contribution in [2.75, 3.05) is 11.9 Å². The Morgan fingerprint density at radius 1 is 1.23 bits per heavy atom. The second-order valence-corrected chi connectivity index (χ2v) is 2.18. The highest BCUT2D eigenvalue weighted by Gasteiger charge is 1.83. The van der Waals surface area contributed by atoms with E-state index in [0.29, 0.717) is 0 Å². The summed E-state index contributed by atoms with van der Waals surface area (Å²) >= 11 is 0. The molecule has 1 aromatic rings. The highest BCUT2D eigenvalue weighted by molar-refractivity contribution is 5.42. The van der Waals surface area contributed by atoms with Crippen molar-refractivity contribution in [1.29, 1.82) is 0 Å². The zero-order valence-electron chi connectivity index (χ0n) is 8.33. The van der Waals surface area contributed by atoms with Gasteiger partial charge in [0, 0.05) is 12.2 Å². The number of nitrogens with one attached hydrogen (secondary N) is 1. The van der Waals surface area contributed by atoms with Crippen LogP contribution in [0, 0.1) is 0 Å². The molecule has 1 aromatic carbocycles. The third kappa shape index (κ3) is 5.79. The number of hydrogen-bond donors (Lipinski definition) is 2. The van der Waals surface area contributed by atoms with E-state index in [-0.39, 0.29) is 0 Å². The number of benzene rings is 1. The number of nitrogens with two attached hydrogens (primary N) is 1. The van der Waals surface area contributed by atoms with Gasteiger partial charge in [-0.2, -0.15) is 0 Å². The first-order chi connectivity index (χ1) is 6.43. The van der Waals surface area contributed by atoms with Gasteiger partial charge in [-0.1, -0.05) is 32.0 Å². The predicted molar refractivity (Wildman–Crippen MR) is 59.6 cm³/mol. The van der Waals surface area contributed by atoms with E-state index in [2.05, 4.69) is 5.32 Å². The molecule has 0 saturated carbocycles. The topological polar surface area (TPSA) is 38.0 Å². The van der Waals surface area contributed by atoms with E-state index in [0.717, 1.165) is 12.2 Å². The maximum Gasteiger partial charge on any atom is 0.0347 e. The zero-order chi connectivity index (χ0) is 9.94. The highest BCUT2D eigenvalue weighted by atomic mass is 14.9. The summed E-state index contributed by atoms with van der Waals surface area (Å²) in [7, 11) is 0. The molecule has 0 unspecified atom stereocenters. The Bertz CT molecular complexity index is 217. The zero-order valence-corrected chi connectivity index (χ0v) is 8.33. The molecule has 0 fully saturated rings. The van der Waals surface area contributed by atoms with E-state index in [9.17, 15) is 0 Å². The van der Waals surface area contributed by atoms with Crippen LogP contribution in [0.1, 0.15) is 13.8 Å². The average Bonchev–Trinajstić information content (AvgIpc) is 2.23. The van der Waals surface area contributed by atoms with E-state index in [1.165, 1.54) is 6.20 Å². The van der Waals surface area contributed by atoms with Crippen LogP contribution in [0.4, 0.5) is 5.69 Å². The minimum atomic E-state index is 0.778. The van der Waals surface area contributed by atoms with Crippen molar-refractivity contribution in [3.63, 3.8) is 0 Å². The van der Waals surface area contributed by atoms with E-state index in [1.54, 1.807) is 0 Å². The fraction of sp³-hybridized carbons (Fsp3) is 0.273. The van der Waals surface area contributed by atoms with Crippen LogP contribution in [0.25, 0.3) is 0 Å². The monoisotopic (exact) mass is 178 g/mol. The summed E-state index contributed by atoms with van der Waals surface area (Å²) in [6, 6.07) is 10.0. The fourth-order valence-electron chi connectivity index (χ4n) is 0.801. The van der Waals surface area contributed by atoms with Gasteiger partial charge in [-0.25, -0.2) is 0 Å². The first-order valence-electron chi connectivity index (χ1n) is 4.59. The van der Waals surface area contributed by atoms with Crippen LogP contribution in [-0.4, -0.2) is 6.54 Å². The summed E-state index contributed by atoms with van der Waals surface area (Å²) in [5.74, 6) is 0. The smallest absolute Gasteiger partial charge is 0.0347 e. The third-order valence-electron chi connectivity index (χ3n) is 1.33. The van der Waals surface area contributed by atoms with Crippen molar-refractivity contribution in [3.05, 3.63) is 42.6 Å². The van der Waals surface area contributed by atoms with Crippen LogP contribution in [0.15, 0.2) is 42.6 Å². The van der Waals surface area contributed by atoms with Gasteiger partial charge in [-0.15, -0.1) is 0 Å². The SMILES string of the molecule is CC.N/C=C\CNc1ccccc1. The van der Waals surface area contributed by atoms with E-state index < -0.39 is 0 Å². The van der Waals surface area contributed by atoms with Gasteiger partial charge >= 0.3 is 0 Å². The molecule has 0 bridgehead atoms. The van der Waals surface area contributed by atoms with Crippen LogP contribution < -0.4 is 11.1 Å². The Kier molecular flexibility index (Phi) is 7.70. The number of rotatable bonds is 3. The molecular weight excluding hydrogens is 160 g/mol. The van der Waals surface area contributed by atoms with Crippen molar-refractivity contribution in [2.24, 2.45) is 5.73 Å². The lowest BCUT2D eigenvalue weighted by Gasteiger charge is -2.00. The minimum absolute atomic E-state index is 0.778. The Morgan fingerprint density at radius 3 is 2.38 bits per heavy atom. The Morgan fingerprint density at radius 2 is 1.85 bits per heavy atom. The molecule has 1 rings (SSSR count). The molecule has 0 spiro atoms. The van der Waals surface area contributed by atoms with Crippen molar-refractivity contribution >= 4 is 5.69 Å². The maximum atomic E-state index is 5.17. The normalized spacial score (nSPS) is 9.08. The standard InChI is InChI=1S/C9H12N2.C2H6/c10-7-4-8-11-9-5-2-1-3-6-9;1-2/h1-7,11H,8,10H2;1-2H3/b7-4-;. The van der Waals surface area contributed by atoms with E-state index in [4.69, 9.17) is 5.73 Å². The molecule has 0 aliphatic heterocycles. The summed E-state index contributed by atoms with van der Waals surface area (Å²) in [4.78, 5) is 0. The maximum absolute atomic E-state index is 5.17. The number of hydrogen-bond acceptors (Lipinski definition) is 2. The largest absolute Gasteiger partial charge is 0.405 e. The molecule has 2 heteroatoms. The lowest BCUT2D eigenvalue weighted by Crippen LogP contribution is -1.98. The van der Waals surface area contributed by atoms with Crippen molar-refractivity contribution in [2.45, 2.75) is 13.8 Å². The summed E-state index contributed by atoms with van der Waals surface area (Å²) in [6.45, 7) is 4.78. The van der Waals surface area contributed by atoms with E-state index >= 15 is 0 Å². The van der Waals surface area contributed by atoms with E-state index in [1.807, 2.05) is 50.3 Å². The van der Waals surface area contributed by atoms with Gasteiger partial charge in [0.2, 0.25) is 0 Å². The summed E-state index contributed by atoms with van der Waals surface area (Å²) in [5.41, 5.74) is 6.29. The summed E-state index contributed by atoms with van der Waals surface area (Å²) in [5, 5.41) is 3.18. The van der Waals surface area contributed by atoms with Gasteiger partial charge in [0.25, 0.3) is 0 Å². The van der Waals surface area contributed by atoms with Gasteiger partial charge < -0.3 is 11.1 Å². The van der Waals surface area contributed by atoms with Crippen LogP contribution in [0.5, 0.6) is 0 Å². The molecule has 0 heterocycles. The molecule has 0 aliphatic rings. The minimum Gasteiger partial charge on any atom is -0.405 e. The predicted octanol–water partition coefficient (Wildman–Crippen LogP) is 2.60. The Labute approximate surface area is 80.5 Å². The molecule has 72 valence electrons. The van der Waals surface area contributed by atoms with Crippen LogP contribution in [0.3, 0.4) is 0 Å². The Balaban J connectivity index is 0.000000671. The molecule has 3 N–H and O–H groups in total. The molecule has 2 nitrogen and oxygen atoms in total. The molecule has 0 aliphatic carbocycles. The lowest BCUT2D eigenvalue weighted by atomic mass is 10.3. The van der Waals surface area contributed by atoms with Crippen LogP contribution in [-0.2, 0) is 0 Å². The lowest BCUT2D eigenvalue weighted by molar-refractivity contribution is 1.32. The molecule has 0 saturated heterocycles. The van der Waals surface area contributed by atoms with Crippen LogP contribution in [0.2, 0.25) is 0 Å². The number of para-hydroxylation sites is 1. The van der Waals surface area contributed by atoms with Gasteiger partial charge in [0.05, 0.1) is 0 Å².